The number of aliphatic hydroxyl groups excluding tert-OH is 1. The topological polar surface area (TPSA) is 20.2 Å². The van der Waals surface area contributed by atoms with Crippen molar-refractivity contribution in [1.82, 2.24) is 0 Å². The van der Waals surface area contributed by atoms with Gasteiger partial charge in [0, 0.05) is 7.11 Å². The van der Waals surface area contributed by atoms with Crippen LogP contribution in [0, 0.1) is 11.8 Å². The van der Waals surface area contributed by atoms with Crippen LogP contribution in [0.3, 0.4) is 0 Å². The van der Waals surface area contributed by atoms with Gasteiger partial charge in [0.05, 0.1) is 0 Å². The number of rotatable bonds is 15. The van der Waals surface area contributed by atoms with Gasteiger partial charge in [0.2, 0.25) is 0 Å². The molecule has 0 fully saturated rings. The molecule has 0 radical (unpaired) electrons. The Balaban J connectivity index is 0. The molecule has 0 aromatic carbocycles. The standard InChI is InChI=1S/C20H42.CH4O/c1-5-8-10-12-13-14-16-18-20(19(4)7-3)17-15-11-9-6-2;1-2/h19-20H,5-18H2,1-4H3;2H,1H3. The highest BCUT2D eigenvalue weighted by atomic mass is 16.2. The molecule has 0 bridgehead atoms. The van der Waals surface area contributed by atoms with Crippen molar-refractivity contribution in [3.8, 4) is 0 Å². The second kappa shape index (κ2) is 21.0. The fourth-order valence-corrected chi connectivity index (χ4v) is 3.24. The molecule has 2 unspecified atom stereocenters. The van der Waals surface area contributed by atoms with Crippen molar-refractivity contribution in [2.75, 3.05) is 7.11 Å². The highest BCUT2D eigenvalue weighted by Gasteiger charge is 2.14. The zero-order valence-corrected chi connectivity index (χ0v) is 16.5. The molecule has 0 aliphatic carbocycles. The highest BCUT2D eigenvalue weighted by molar-refractivity contribution is 4.66. The lowest BCUT2D eigenvalue weighted by Gasteiger charge is -2.23. The summed E-state index contributed by atoms with van der Waals surface area (Å²) in [5.74, 6) is 1.95. The van der Waals surface area contributed by atoms with Crippen molar-refractivity contribution in [3.05, 3.63) is 0 Å². The van der Waals surface area contributed by atoms with Crippen LogP contribution in [0.2, 0.25) is 0 Å². The third kappa shape index (κ3) is 16.3. The predicted octanol–water partition coefficient (Wildman–Crippen LogP) is 7.37. The van der Waals surface area contributed by atoms with Crippen LogP contribution >= 0.6 is 0 Å². The van der Waals surface area contributed by atoms with Crippen LogP contribution in [-0.4, -0.2) is 12.2 Å². The molecular weight excluding hydrogens is 268 g/mol. The summed E-state index contributed by atoms with van der Waals surface area (Å²) in [7, 11) is 1.00. The first-order chi connectivity index (χ1) is 10.8. The molecule has 0 aromatic rings. The molecule has 1 N–H and O–H groups in total. The van der Waals surface area contributed by atoms with Crippen LogP contribution in [0.15, 0.2) is 0 Å². The normalized spacial score (nSPS) is 13.4. The Bertz CT molecular complexity index is 179. The predicted molar refractivity (Wildman–Crippen MR) is 102 cm³/mol. The van der Waals surface area contributed by atoms with Gasteiger partial charge >= 0.3 is 0 Å². The van der Waals surface area contributed by atoms with Gasteiger partial charge in [-0.15, -0.1) is 0 Å². The van der Waals surface area contributed by atoms with Crippen molar-refractivity contribution in [1.29, 1.82) is 0 Å². The van der Waals surface area contributed by atoms with E-state index in [0.717, 1.165) is 18.9 Å². The second-order valence-electron chi connectivity index (χ2n) is 6.90. The maximum atomic E-state index is 7.00. The fraction of sp³-hybridized carbons (Fsp3) is 1.00. The summed E-state index contributed by atoms with van der Waals surface area (Å²) in [6, 6.07) is 0. The average Bonchev–Trinajstić information content (AvgIpc) is 2.57. The molecule has 0 heterocycles. The van der Waals surface area contributed by atoms with E-state index in [-0.39, 0.29) is 0 Å². The lowest BCUT2D eigenvalue weighted by atomic mass is 9.83. The zero-order chi connectivity index (χ0) is 17.1. The van der Waals surface area contributed by atoms with Gasteiger partial charge in [-0.05, 0) is 11.8 Å². The van der Waals surface area contributed by atoms with Gasteiger partial charge in [-0.25, -0.2) is 0 Å². The first-order valence-corrected chi connectivity index (χ1v) is 10.2. The lowest BCUT2D eigenvalue weighted by molar-refractivity contribution is 0.288. The van der Waals surface area contributed by atoms with E-state index in [0.29, 0.717) is 0 Å². The molecule has 1 heteroatoms. The summed E-state index contributed by atoms with van der Waals surface area (Å²) in [6.07, 6.45) is 20.3. The van der Waals surface area contributed by atoms with Crippen LogP contribution in [0.5, 0.6) is 0 Å². The van der Waals surface area contributed by atoms with E-state index in [1.54, 1.807) is 0 Å². The van der Waals surface area contributed by atoms with E-state index in [4.69, 9.17) is 5.11 Å². The zero-order valence-electron chi connectivity index (χ0n) is 16.5. The minimum Gasteiger partial charge on any atom is -0.400 e. The third-order valence-corrected chi connectivity index (χ3v) is 5.06. The molecule has 0 spiro atoms. The summed E-state index contributed by atoms with van der Waals surface area (Å²) < 4.78 is 0. The molecule has 0 aliphatic heterocycles. The van der Waals surface area contributed by atoms with Crippen LogP contribution in [0.4, 0.5) is 0 Å². The van der Waals surface area contributed by atoms with Gasteiger partial charge in [0.1, 0.15) is 0 Å². The smallest absolute Gasteiger partial charge is 0.0319 e. The molecule has 2 atom stereocenters. The van der Waals surface area contributed by atoms with Gasteiger partial charge in [0.25, 0.3) is 0 Å². The Labute approximate surface area is 142 Å². The van der Waals surface area contributed by atoms with Crippen LogP contribution in [-0.2, 0) is 0 Å². The summed E-state index contributed by atoms with van der Waals surface area (Å²) in [5.41, 5.74) is 0. The van der Waals surface area contributed by atoms with Gasteiger partial charge in [-0.3, -0.25) is 0 Å². The first kappa shape index (κ1) is 24.2. The molecule has 1 nitrogen and oxygen atoms in total. The Morgan fingerprint density at radius 2 is 0.955 bits per heavy atom. The number of hydrogen-bond donors (Lipinski definition) is 1. The molecule has 0 amide bonds. The van der Waals surface area contributed by atoms with Crippen molar-refractivity contribution >= 4 is 0 Å². The van der Waals surface area contributed by atoms with Crippen LogP contribution < -0.4 is 0 Å². The van der Waals surface area contributed by atoms with E-state index in [1.165, 1.54) is 89.9 Å². The molecule has 0 saturated carbocycles. The summed E-state index contributed by atoms with van der Waals surface area (Å²) in [6.45, 7) is 9.46. The maximum Gasteiger partial charge on any atom is 0.0319 e. The van der Waals surface area contributed by atoms with Crippen molar-refractivity contribution < 1.29 is 5.11 Å². The Hall–Kier alpha value is -0.0400. The monoisotopic (exact) mass is 314 g/mol. The first-order valence-electron chi connectivity index (χ1n) is 10.2. The van der Waals surface area contributed by atoms with E-state index >= 15 is 0 Å². The van der Waals surface area contributed by atoms with Crippen LogP contribution in [0.25, 0.3) is 0 Å². The minimum absolute atomic E-state index is 0.941. The molecular formula is C21H46O. The second-order valence-corrected chi connectivity index (χ2v) is 6.90. The van der Waals surface area contributed by atoms with Gasteiger partial charge in [-0.2, -0.15) is 0 Å². The van der Waals surface area contributed by atoms with Gasteiger partial charge in [-0.1, -0.05) is 118 Å². The number of hydrogen-bond acceptors (Lipinski definition) is 1. The summed E-state index contributed by atoms with van der Waals surface area (Å²) >= 11 is 0. The number of aliphatic hydroxyl groups is 1. The lowest BCUT2D eigenvalue weighted by Crippen LogP contribution is -2.11. The molecule has 136 valence electrons. The Morgan fingerprint density at radius 3 is 1.36 bits per heavy atom. The van der Waals surface area contributed by atoms with E-state index < -0.39 is 0 Å². The largest absolute Gasteiger partial charge is 0.400 e. The molecule has 0 rings (SSSR count). The van der Waals surface area contributed by atoms with E-state index in [2.05, 4.69) is 27.7 Å². The SMILES string of the molecule is CCCCCCCCCC(CCCCCC)C(C)CC.CO. The molecule has 0 saturated heterocycles. The van der Waals surface area contributed by atoms with E-state index in [1.807, 2.05) is 0 Å². The van der Waals surface area contributed by atoms with Crippen molar-refractivity contribution in [2.45, 2.75) is 118 Å². The highest BCUT2D eigenvalue weighted by Crippen LogP contribution is 2.27. The Morgan fingerprint density at radius 1 is 0.591 bits per heavy atom. The van der Waals surface area contributed by atoms with Crippen molar-refractivity contribution in [2.24, 2.45) is 11.8 Å². The average molecular weight is 315 g/mol. The number of unbranched alkanes of at least 4 members (excludes halogenated alkanes) is 9. The molecule has 0 aliphatic rings. The minimum atomic E-state index is 0.941. The third-order valence-electron chi connectivity index (χ3n) is 5.06. The molecule has 22 heavy (non-hydrogen) atoms. The van der Waals surface area contributed by atoms with Crippen molar-refractivity contribution in [3.63, 3.8) is 0 Å². The Kier molecular flexibility index (Phi) is 23.1. The summed E-state index contributed by atoms with van der Waals surface area (Å²) in [5, 5.41) is 7.00. The van der Waals surface area contributed by atoms with Gasteiger partial charge < -0.3 is 5.11 Å². The molecule has 0 aromatic heterocycles. The van der Waals surface area contributed by atoms with Gasteiger partial charge in [0.15, 0.2) is 0 Å². The maximum absolute atomic E-state index is 7.00. The summed E-state index contributed by atoms with van der Waals surface area (Å²) in [4.78, 5) is 0. The quantitative estimate of drug-likeness (QED) is 0.313. The fourth-order valence-electron chi connectivity index (χ4n) is 3.24. The van der Waals surface area contributed by atoms with Crippen LogP contribution in [0.1, 0.15) is 118 Å². The van der Waals surface area contributed by atoms with E-state index in [9.17, 15) is 0 Å².